The van der Waals surface area contributed by atoms with E-state index in [1.807, 2.05) is 0 Å². The fourth-order valence-corrected chi connectivity index (χ4v) is 1.37. The number of ketones is 1. The highest BCUT2D eigenvalue weighted by atomic mass is 16.5. The molecule has 15 heavy (non-hydrogen) atoms. The molecule has 5 heteroatoms. The molecule has 1 N–H and O–H groups in total. The van der Waals surface area contributed by atoms with Crippen LogP contribution in [0.1, 0.15) is 26.7 Å². The Morgan fingerprint density at radius 1 is 1.53 bits per heavy atom. The first-order chi connectivity index (χ1) is 7.13. The summed E-state index contributed by atoms with van der Waals surface area (Å²) in [6.45, 7) is 3.46. The van der Waals surface area contributed by atoms with Gasteiger partial charge in [-0.3, -0.25) is 4.79 Å². The molecule has 1 heterocycles. The van der Waals surface area contributed by atoms with Crippen LogP contribution in [0.5, 0.6) is 0 Å². The molecule has 0 radical (unpaired) electrons. The zero-order chi connectivity index (χ0) is 11.3. The van der Waals surface area contributed by atoms with Crippen LogP contribution < -0.4 is 5.32 Å². The number of carbonyl (C=O) groups is 1. The average Bonchev–Trinajstić information content (AvgIpc) is 2.62. The molecule has 0 spiro atoms. The van der Waals surface area contributed by atoms with Crippen molar-refractivity contribution in [3.8, 4) is 0 Å². The van der Waals surface area contributed by atoms with Crippen LogP contribution in [-0.4, -0.2) is 24.7 Å². The van der Waals surface area contributed by atoms with E-state index in [0.717, 1.165) is 12.8 Å². The molecule has 1 aliphatic heterocycles. The van der Waals surface area contributed by atoms with Crippen molar-refractivity contribution < 1.29 is 9.53 Å². The lowest BCUT2D eigenvalue weighted by molar-refractivity contribution is -0.113. The first-order valence-corrected chi connectivity index (χ1v) is 5.02. The summed E-state index contributed by atoms with van der Waals surface area (Å²) in [6, 6.07) is 0. The van der Waals surface area contributed by atoms with Crippen molar-refractivity contribution in [2.24, 2.45) is 5.18 Å². The number of nitrogens with one attached hydrogen (secondary N) is 1. The van der Waals surface area contributed by atoms with Gasteiger partial charge in [-0.2, -0.15) is 4.91 Å². The number of rotatable bonds is 5. The summed E-state index contributed by atoms with van der Waals surface area (Å²) in [5, 5.41) is 5.81. The number of allylic oxidation sites excluding steroid dienone is 1. The third-order valence-electron chi connectivity index (χ3n) is 2.43. The molecule has 1 aliphatic rings. The van der Waals surface area contributed by atoms with Crippen LogP contribution in [0.15, 0.2) is 16.9 Å². The van der Waals surface area contributed by atoms with Gasteiger partial charge >= 0.3 is 0 Å². The summed E-state index contributed by atoms with van der Waals surface area (Å²) < 4.78 is 5.47. The van der Waals surface area contributed by atoms with E-state index in [1.165, 1.54) is 6.92 Å². The molecule has 0 aromatic carbocycles. The molecule has 84 valence electrons. The largest absolute Gasteiger partial charge is 0.366 e. The van der Waals surface area contributed by atoms with Gasteiger partial charge in [-0.05, 0) is 26.7 Å². The Bertz CT molecular complexity index is 276. The highest BCUT2D eigenvalue weighted by molar-refractivity contribution is 5.92. The summed E-state index contributed by atoms with van der Waals surface area (Å²) in [4.78, 5) is 20.9. The first-order valence-electron chi connectivity index (χ1n) is 5.02. The predicted octanol–water partition coefficient (Wildman–Crippen LogP) is 1.34. The SMILES string of the molecule is CC(=O)/C(C)=C\N[C@H]1CC[C@@H](CN=O)O1. The van der Waals surface area contributed by atoms with Crippen LogP contribution in [-0.2, 0) is 9.53 Å². The van der Waals surface area contributed by atoms with E-state index in [0.29, 0.717) is 5.57 Å². The zero-order valence-electron chi connectivity index (χ0n) is 9.03. The van der Waals surface area contributed by atoms with Gasteiger partial charge in [0.05, 0.1) is 6.10 Å². The molecule has 0 unspecified atom stereocenters. The molecule has 0 saturated carbocycles. The molecule has 0 aromatic heterocycles. The minimum absolute atomic E-state index is 0.0339. The lowest BCUT2D eigenvalue weighted by atomic mass is 10.2. The van der Waals surface area contributed by atoms with Crippen LogP contribution in [0.3, 0.4) is 0 Å². The van der Waals surface area contributed by atoms with Crippen LogP contribution >= 0.6 is 0 Å². The number of hydrogen-bond acceptors (Lipinski definition) is 5. The highest BCUT2D eigenvalue weighted by Gasteiger charge is 2.24. The fraction of sp³-hybridized carbons (Fsp3) is 0.700. The number of ether oxygens (including phenoxy) is 1. The van der Waals surface area contributed by atoms with Crippen molar-refractivity contribution in [2.75, 3.05) is 6.54 Å². The minimum atomic E-state index is -0.106. The van der Waals surface area contributed by atoms with Gasteiger partial charge in [0.2, 0.25) is 0 Å². The van der Waals surface area contributed by atoms with Gasteiger partial charge in [-0.1, -0.05) is 5.18 Å². The first kappa shape index (κ1) is 11.8. The number of hydrogen-bond donors (Lipinski definition) is 1. The molecule has 0 amide bonds. The molecule has 0 aliphatic carbocycles. The summed E-state index contributed by atoms with van der Waals surface area (Å²) >= 11 is 0. The van der Waals surface area contributed by atoms with Gasteiger partial charge in [0.15, 0.2) is 5.78 Å². The van der Waals surface area contributed by atoms with E-state index in [9.17, 15) is 9.70 Å². The number of carbonyl (C=O) groups excluding carboxylic acids is 1. The maximum Gasteiger partial charge on any atom is 0.156 e. The minimum Gasteiger partial charge on any atom is -0.366 e. The predicted molar refractivity (Wildman–Crippen MR) is 56.1 cm³/mol. The van der Waals surface area contributed by atoms with Gasteiger partial charge in [0.25, 0.3) is 0 Å². The Morgan fingerprint density at radius 2 is 2.27 bits per heavy atom. The Balaban J connectivity index is 2.33. The highest BCUT2D eigenvalue weighted by Crippen LogP contribution is 2.18. The van der Waals surface area contributed by atoms with Crippen LogP contribution in [0.2, 0.25) is 0 Å². The third-order valence-corrected chi connectivity index (χ3v) is 2.43. The molecular weight excluding hydrogens is 196 g/mol. The van der Waals surface area contributed by atoms with Crippen molar-refractivity contribution in [3.05, 3.63) is 16.7 Å². The second-order valence-electron chi connectivity index (χ2n) is 3.69. The van der Waals surface area contributed by atoms with Gasteiger partial charge in [-0.25, -0.2) is 0 Å². The van der Waals surface area contributed by atoms with Gasteiger partial charge < -0.3 is 10.1 Å². The second kappa shape index (κ2) is 5.60. The molecule has 2 atom stereocenters. The third kappa shape index (κ3) is 3.79. The lowest BCUT2D eigenvalue weighted by Crippen LogP contribution is -2.25. The molecule has 0 aromatic rings. The summed E-state index contributed by atoms with van der Waals surface area (Å²) in [7, 11) is 0. The standard InChI is InChI=1S/C10H16N2O3/c1-7(8(2)13)5-11-10-4-3-9(15-10)6-12-14/h5,9-11H,3-4,6H2,1-2H3/b7-5-/t9-,10+/m0/s1. The van der Waals surface area contributed by atoms with Crippen LogP contribution in [0, 0.1) is 4.91 Å². The molecule has 1 rings (SSSR count). The van der Waals surface area contributed by atoms with Gasteiger partial charge in [-0.15, -0.1) is 0 Å². The van der Waals surface area contributed by atoms with E-state index in [1.54, 1.807) is 13.1 Å². The number of nitroso groups, excluding NO2 is 1. The normalized spacial score (nSPS) is 26.4. The van der Waals surface area contributed by atoms with E-state index >= 15 is 0 Å². The maximum atomic E-state index is 10.9. The summed E-state index contributed by atoms with van der Waals surface area (Å²) in [5.41, 5.74) is 0.663. The van der Waals surface area contributed by atoms with Gasteiger partial charge in [0.1, 0.15) is 12.8 Å². The van der Waals surface area contributed by atoms with Crippen molar-refractivity contribution in [1.29, 1.82) is 0 Å². The molecule has 0 bridgehead atoms. The monoisotopic (exact) mass is 212 g/mol. The van der Waals surface area contributed by atoms with Crippen molar-refractivity contribution >= 4 is 5.78 Å². The fourth-order valence-electron chi connectivity index (χ4n) is 1.37. The Hall–Kier alpha value is -1.23. The zero-order valence-corrected chi connectivity index (χ0v) is 9.03. The Morgan fingerprint density at radius 3 is 2.87 bits per heavy atom. The Kier molecular flexibility index (Phi) is 4.42. The van der Waals surface area contributed by atoms with E-state index in [4.69, 9.17) is 4.74 Å². The quantitative estimate of drug-likeness (QED) is 0.551. The molecule has 1 fully saturated rings. The average molecular weight is 212 g/mol. The molecular formula is C10H16N2O3. The maximum absolute atomic E-state index is 10.9. The molecule has 5 nitrogen and oxygen atoms in total. The van der Waals surface area contributed by atoms with Gasteiger partial charge in [0, 0.05) is 11.8 Å². The topological polar surface area (TPSA) is 67.8 Å². The van der Waals surface area contributed by atoms with E-state index < -0.39 is 0 Å². The number of Topliss-reactive ketones (excluding diaryl/α,β-unsaturated/α-hetero) is 1. The summed E-state index contributed by atoms with van der Waals surface area (Å²) in [5.74, 6) is 0.0339. The number of nitrogens with zero attached hydrogens (tertiary/aromatic N) is 1. The molecule has 1 saturated heterocycles. The Labute approximate surface area is 88.8 Å². The van der Waals surface area contributed by atoms with Crippen molar-refractivity contribution in [3.63, 3.8) is 0 Å². The van der Waals surface area contributed by atoms with Crippen LogP contribution in [0.4, 0.5) is 0 Å². The summed E-state index contributed by atoms with van der Waals surface area (Å²) in [6.07, 6.45) is 3.14. The van der Waals surface area contributed by atoms with E-state index in [2.05, 4.69) is 10.5 Å². The van der Waals surface area contributed by atoms with E-state index in [-0.39, 0.29) is 24.7 Å². The lowest BCUT2D eigenvalue weighted by Gasteiger charge is -2.12. The van der Waals surface area contributed by atoms with Crippen molar-refractivity contribution in [2.45, 2.75) is 39.0 Å². The smallest absolute Gasteiger partial charge is 0.156 e. The second-order valence-corrected chi connectivity index (χ2v) is 3.69. The van der Waals surface area contributed by atoms with Crippen LogP contribution in [0.25, 0.3) is 0 Å². The van der Waals surface area contributed by atoms with Crippen molar-refractivity contribution in [1.82, 2.24) is 5.32 Å².